The molecule has 0 saturated carbocycles. The van der Waals surface area contributed by atoms with Gasteiger partial charge in [0.25, 0.3) is 0 Å². The van der Waals surface area contributed by atoms with Gasteiger partial charge in [0.1, 0.15) is 11.0 Å². The fourth-order valence-corrected chi connectivity index (χ4v) is 2.71. The van der Waals surface area contributed by atoms with Crippen LogP contribution in [0, 0.1) is 6.92 Å². The van der Waals surface area contributed by atoms with Crippen molar-refractivity contribution in [1.82, 2.24) is 14.9 Å². The number of hydrogen-bond donors (Lipinski definition) is 0. The van der Waals surface area contributed by atoms with Gasteiger partial charge in [-0.3, -0.25) is 0 Å². The second kappa shape index (κ2) is 5.32. The molecule has 3 nitrogen and oxygen atoms in total. The number of piperidine rings is 1. The van der Waals surface area contributed by atoms with Crippen molar-refractivity contribution in [2.24, 2.45) is 0 Å². The second-order valence-corrected chi connectivity index (χ2v) is 5.48. The molecule has 1 saturated heterocycles. The molecule has 1 aliphatic heterocycles. The summed E-state index contributed by atoms with van der Waals surface area (Å²) in [4.78, 5) is 11.2. The molecule has 0 aliphatic carbocycles. The van der Waals surface area contributed by atoms with E-state index in [4.69, 9.17) is 11.6 Å². The summed E-state index contributed by atoms with van der Waals surface area (Å²) < 4.78 is 0. The Labute approximate surface area is 108 Å². The van der Waals surface area contributed by atoms with Gasteiger partial charge in [-0.1, -0.05) is 11.6 Å². The van der Waals surface area contributed by atoms with Crippen LogP contribution in [-0.2, 0) is 0 Å². The Kier molecular flexibility index (Phi) is 4.00. The van der Waals surface area contributed by atoms with Crippen molar-refractivity contribution in [2.45, 2.75) is 45.6 Å². The van der Waals surface area contributed by atoms with Gasteiger partial charge in [-0.2, -0.15) is 0 Å². The fraction of sp³-hybridized carbons (Fsp3) is 0.692. The number of rotatable bonds is 2. The third-order valence-corrected chi connectivity index (χ3v) is 3.62. The molecule has 17 heavy (non-hydrogen) atoms. The molecule has 1 aliphatic rings. The van der Waals surface area contributed by atoms with E-state index in [1.165, 1.54) is 19.4 Å². The first-order valence-electron chi connectivity index (χ1n) is 6.31. The van der Waals surface area contributed by atoms with Crippen LogP contribution < -0.4 is 0 Å². The molecule has 0 spiro atoms. The van der Waals surface area contributed by atoms with Crippen LogP contribution in [0.5, 0.6) is 0 Å². The molecule has 0 radical (unpaired) electrons. The molecule has 0 N–H and O–H groups in total. The zero-order chi connectivity index (χ0) is 12.4. The van der Waals surface area contributed by atoms with Crippen LogP contribution in [0.2, 0.25) is 5.15 Å². The van der Waals surface area contributed by atoms with Crippen LogP contribution in [0.25, 0.3) is 0 Å². The van der Waals surface area contributed by atoms with E-state index in [1.54, 1.807) is 0 Å². The monoisotopic (exact) mass is 253 g/mol. The maximum Gasteiger partial charge on any atom is 0.133 e. The van der Waals surface area contributed by atoms with Gasteiger partial charge < -0.3 is 4.90 Å². The van der Waals surface area contributed by atoms with Gasteiger partial charge in [0.2, 0.25) is 0 Å². The number of likely N-dealkylation sites (tertiary alicyclic amines) is 1. The molecule has 2 heterocycles. The average Bonchev–Trinajstić information content (AvgIpc) is 2.28. The first kappa shape index (κ1) is 12.8. The number of hydrogen-bond acceptors (Lipinski definition) is 3. The van der Waals surface area contributed by atoms with Crippen LogP contribution >= 0.6 is 11.6 Å². The van der Waals surface area contributed by atoms with Crippen molar-refractivity contribution in [3.05, 3.63) is 22.7 Å². The van der Waals surface area contributed by atoms with Gasteiger partial charge in [-0.15, -0.1) is 0 Å². The van der Waals surface area contributed by atoms with Gasteiger partial charge in [-0.25, -0.2) is 9.97 Å². The average molecular weight is 254 g/mol. The third kappa shape index (κ3) is 3.17. The zero-order valence-electron chi connectivity index (χ0n) is 10.8. The van der Waals surface area contributed by atoms with Gasteiger partial charge >= 0.3 is 0 Å². The van der Waals surface area contributed by atoms with Crippen molar-refractivity contribution in [3.8, 4) is 0 Å². The highest BCUT2D eigenvalue weighted by molar-refractivity contribution is 6.29. The molecule has 0 aromatic carbocycles. The highest BCUT2D eigenvalue weighted by atomic mass is 35.5. The number of nitrogens with zero attached hydrogens (tertiary/aromatic N) is 3. The normalized spacial score (nSPS) is 22.1. The Morgan fingerprint density at radius 1 is 1.41 bits per heavy atom. The molecular weight excluding hydrogens is 234 g/mol. The van der Waals surface area contributed by atoms with Gasteiger partial charge in [0.05, 0.1) is 0 Å². The van der Waals surface area contributed by atoms with Gasteiger partial charge in [-0.05, 0) is 46.2 Å². The van der Waals surface area contributed by atoms with Crippen molar-refractivity contribution in [1.29, 1.82) is 0 Å². The predicted octanol–water partition coefficient (Wildman–Crippen LogP) is 3.03. The number of halogens is 1. The van der Waals surface area contributed by atoms with E-state index < -0.39 is 0 Å². The van der Waals surface area contributed by atoms with E-state index >= 15 is 0 Å². The maximum absolute atomic E-state index is 6.00. The Balaban J connectivity index is 2.16. The lowest BCUT2D eigenvalue weighted by atomic mass is 9.94. The standard InChI is InChI=1S/C13H20ClN3/c1-9(2)17-6-4-5-11(8-17)12-7-13(14)16-10(3)15-12/h7,9,11H,4-6,8H2,1-3H3/t11-/m0/s1. The summed E-state index contributed by atoms with van der Waals surface area (Å²) in [5.41, 5.74) is 1.10. The molecule has 94 valence electrons. The van der Waals surface area contributed by atoms with Crippen LogP contribution in [0.15, 0.2) is 6.07 Å². The summed E-state index contributed by atoms with van der Waals surface area (Å²) in [6, 6.07) is 2.53. The summed E-state index contributed by atoms with van der Waals surface area (Å²) in [7, 11) is 0. The van der Waals surface area contributed by atoms with Crippen LogP contribution in [-0.4, -0.2) is 34.0 Å². The summed E-state index contributed by atoms with van der Waals surface area (Å²) >= 11 is 6.00. The quantitative estimate of drug-likeness (QED) is 0.759. The van der Waals surface area contributed by atoms with E-state index in [1.807, 2.05) is 13.0 Å². The fourth-order valence-electron chi connectivity index (χ4n) is 2.48. The Hall–Kier alpha value is -0.670. The summed E-state index contributed by atoms with van der Waals surface area (Å²) in [6.45, 7) is 8.69. The Morgan fingerprint density at radius 3 is 2.82 bits per heavy atom. The second-order valence-electron chi connectivity index (χ2n) is 5.09. The Bertz CT molecular complexity index is 372. The molecule has 0 bridgehead atoms. The van der Waals surface area contributed by atoms with E-state index in [0.29, 0.717) is 17.1 Å². The molecular formula is C13H20ClN3. The van der Waals surface area contributed by atoms with Crippen molar-refractivity contribution in [3.63, 3.8) is 0 Å². The number of aromatic nitrogens is 2. The molecule has 1 aromatic heterocycles. The molecule has 1 aromatic rings. The lowest BCUT2D eigenvalue weighted by Gasteiger charge is -2.35. The molecule has 2 rings (SSSR count). The lowest BCUT2D eigenvalue weighted by molar-refractivity contribution is 0.166. The number of aryl methyl sites for hydroxylation is 1. The zero-order valence-corrected chi connectivity index (χ0v) is 11.5. The largest absolute Gasteiger partial charge is 0.300 e. The van der Waals surface area contributed by atoms with E-state index in [9.17, 15) is 0 Å². The first-order valence-corrected chi connectivity index (χ1v) is 6.69. The van der Waals surface area contributed by atoms with Crippen LogP contribution in [0.1, 0.15) is 44.1 Å². The molecule has 4 heteroatoms. The minimum absolute atomic E-state index is 0.505. The van der Waals surface area contributed by atoms with Crippen LogP contribution in [0.4, 0.5) is 0 Å². The summed E-state index contributed by atoms with van der Waals surface area (Å²) in [5.74, 6) is 1.28. The topological polar surface area (TPSA) is 29.0 Å². The first-order chi connectivity index (χ1) is 8.06. The van der Waals surface area contributed by atoms with Crippen molar-refractivity contribution in [2.75, 3.05) is 13.1 Å². The van der Waals surface area contributed by atoms with Crippen molar-refractivity contribution < 1.29 is 0 Å². The lowest BCUT2D eigenvalue weighted by Crippen LogP contribution is -2.39. The molecule has 1 atom stereocenters. The minimum atomic E-state index is 0.505. The minimum Gasteiger partial charge on any atom is -0.300 e. The molecule has 1 fully saturated rings. The predicted molar refractivity (Wildman–Crippen MR) is 70.5 cm³/mol. The SMILES string of the molecule is Cc1nc(Cl)cc([C@H]2CCCN(C(C)C)C2)n1. The van der Waals surface area contributed by atoms with Crippen LogP contribution in [0.3, 0.4) is 0 Å². The van der Waals surface area contributed by atoms with E-state index in [-0.39, 0.29) is 0 Å². The van der Waals surface area contributed by atoms with Crippen molar-refractivity contribution >= 4 is 11.6 Å². The molecule has 0 amide bonds. The summed E-state index contributed by atoms with van der Waals surface area (Å²) in [6.07, 6.45) is 2.44. The molecule has 0 unspecified atom stereocenters. The highest BCUT2D eigenvalue weighted by Crippen LogP contribution is 2.27. The highest BCUT2D eigenvalue weighted by Gasteiger charge is 2.24. The van der Waals surface area contributed by atoms with Gasteiger partial charge in [0.15, 0.2) is 0 Å². The summed E-state index contributed by atoms with van der Waals surface area (Å²) in [5, 5.41) is 0.564. The maximum atomic E-state index is 6.00. The van der Waals surface area contributed by atoms with E-state index in [0.717, 1.165) is 18.1 Å². The Morgan fingerprint density at radius 2 is 2.18 bits per heavy atom. The third-order valence-electron chi connectivity index (χ3n) is 3.43. The van der Waals surface area contributed by atoms with E-state index in [2.05, 4.69) is 28.7 Å². The van der Waals surface area contributed by atoms with Gasteiger partial charge in [0, 0.05) is 24.2 Å². The smallest absolute Gasteiger partial charge is 0.133 e.